The highest BCUT2D eigenvalue weighted by Gasteiger charge is 2.33. The Hall–Kier alpha value is -0.0800. The maximum Gasteiger partial charge on any atom is 0.0247 e. The highest BCUT2D eigenvalue weighted by molar-refractivity contribution is 4.89. The van der Waals surface area contributed by atoms with Gasteiger partial charge in [-0.1, -0.05) is 19.3 Å². The molecule has 0 aromatic rings. The molecule has 0 bridgehead atoms. The van der Waals surface area contributed by atoms with E-state index in [1.165, 1.54) is 51.5 Å². The molecule has 16 heavy (non-hydrogen) atoms. The van der Waals surface area contributed by atoms with Crippen LogP contribution in [0.15, 0.2) is 0 Å². The highest BCUT2D eigenvalue weighted by atomic mass is 15.2. The van der Waals surface area contributed by atoms with E-state index in [4.69, 9.17) is 5.73 Å². The molecule has 1 saturated heterocycles. The number of hydrogen-bond donors (Lipinski definition) is 1. The second-order valence-corrected chi connectivity index (χ2v) is 5.95. The van der Waals surface area contributed by atoms with Gasteiger partial charge in [0.25, 0.3) is 0 Å². The van der Waals surface area contributed by atoms with E-state index in [9.17, 15) is 0 Å². The van der Waals surface area contributed by atoms with E-state index in [-0.39, 0.29) is 0 Å². The molecule has 2 aliphatic rings. The summed E-state index contributed by atoms with van der Waals surface area (Å²) in [6, 6.07) is 1.74. The summed E-state index contributed by atoms with van der Waals surface area (Å²) in [5, 5.41) is 0. The van der Waals surface area contributed by atoms with E-state index in [2.05, 4.69) is 18.7 Å². The fourth-order valence-corrected chi connectivity index (χ4v) is 3.76. The standard InChI is InChI=1S/C14H28N2/c1-11(15)14-9-5-6-10-16(14)12(2)13-7-3-4-8-13/h11-14H,3-10,15H2,1-2H3. The zero-order chi connectivity index (χ0) is 11.5. The fraction of sp³-hybridized carbons (Fsp3) is 1.00. The molecule has 2 nitrogen and oxygen atoms in total. The highest BCUT2D eigenvalue weighted by Crippen LogP contribution is 2.33. The molecule has 1 saturated carbocycles. The van der Waals surface area contributed by atoms with E-state index in [0.717, 1.165) is 12.0 Å². The number of rotatable bonds is 3. The molecule has 94 valence electrons. The van der Waals surface area contributed by atoms with Gasteiger partial charge in [0.05, 0.1) is 0 Å². The van der Waals surface area contributed by atoms with Gasteiger partial charge in [0, 0.05) is 18.1 Å². The summed E-state index contributed by atoms with van der Waals surface area (Å²) in [7, 11) is 0. The molecule has 2 fully saturated rings. The fourth-order valence-electron chi connectivity index (χ4n) is 3.76. The molecule has 2 rings (SSSR count). The second-order valence-electron chi connectivity index (χ2n) is 5.95. The van der Waals surface area contributed by atoms with Gasteiger partial charge in [-0.15, -0.1) is 0 Å². The Morgan fingerprint density at radius 2 is 1.62 bits per heavy atom. The predicted molar refractivity (Wildman–Crippen MR) is 69.4 cm³/mol. The zero-order valence-electron chi connectivity index (χ0n) is 11.0. The van der Waals surface area contributed by atoms with Crippen LogP contribution in [0.5, 0.6) is 0 Å². The van der Waals surface area contributed by atoms with Crippen molar-refractivity contribution in [1.29, 1.82) is 0 Å². The summed E-state index contributed by atoms with van der Waals surface area (Å²) in [5.41, 5.74) is 6.15. The number of likely N-dealkylation sites (tertiary alicyclic amines) is 1. The van der Waals surface area contributed by atoms with Crippen LogP contribution in [0.3, 0.4) is 0 Å². The quantitative estimate of drug-likeness (QED) is 0.798. The van der Waals surface area contributed by atoms with Crippen molar-refractivity contribution < 1.29 is 0 Å². The van der Waals surface area contributed by atoms with E-state index in [0.29, 0.717) is 12.1 Å². The Balaban J connectivity index is 1.98. The molecule has 2 heteroatoms. The van der Waals surface area contributed by atoms with Crippen molar-refractivity contribution in [1.82, 2.24) is 4.90 Å². The smallest absolute Gasteiger partial charge is 0.0247 e. The Bertz CT molecular complexity index is 209. The maximum absolute atomic E-state index is 6.15. The molecule has 3 unspecified atom stereocenters. The predicted octanol–water partition coefficient (Wildman–Crippen LogP) is 2.77. The summed E-state index contributed by atoms with van der Waals surface area (Å²) in [6.07, 6.45) is 9.86. The third-order valence-electron chi connectivity index (χ3n) is 4.80. The van der Waals surface area contributed by atoms with Crippen LogP contribution in [0.2, 0.25) is 0 Å². The first kappa shape index (κ1) is 12.4. The van der Waals surface area contributed by atoms with Crippen molar-refractivity contribution in [3.05, 3.63) is 0 Å². The first-order chi connectivity index (χ1) is 7.70. The van der Waals surface area contributed by atoms with Gasteiger partial charge in [-0.3, -0.25) is 4.90 Å². The number of hydrogen-bond acceptors (Lipinski definition) is 2. The van der Waals surface area contributed by atoms with Gasteiger partial charge in [-0.25, -0.2) is 0 Å². The lowest BCUT2D eigenvalue weighted by atomic mass is 9.90. The second kappa shape index (κ2) is 5.50. The third kappa shape index (κ3) is 2.60. The monoisotopic (exact) mass is 224 g/mol. The number of piperidine rings is 1. The van der Waals surface area contributed by atoms with Crippen LogP contribution in [0.4, 0.5) is 0 Å². The van der Waals surface area contributed by atoms with Crippen molar-refractivity contribution >= 4 is 0 Å². The van der Waals surface area contributed by atoms with Crippen LogP contribution in [-0.2, 0) is 0 Å². The van der Waals surface area contributed by atoms with E-state index < -0.39 is 0 Å². The van der Waals surface area contributed by atoms with E-state index in [1.807, 2.05) is 0 Å². The van der Waals surface area contributed by atoms with E-state index in [1.54, 1.807) is 0 Å². The molecule has 0 radical (unpaired) electrons. The molecule has 3 atom stereocenters. The maximum atomic E-state index is 6.15. The topological polar surface area (TPSA) is 29.3 Å². The SMILES string of the molecule is CC(N)C1CCCCN1C(C)C1CCCC1. The minimum absolute atomic E-state index is 0.337. The van der Waals surface area contributed by atoms with Gasteiger partial charge in [-0.2, -0.15) is 0 Å². The normalized spacial score (nSPS) is 32.8. The largest absolute Gasteiger partial charge is 0.327 e. The van der Waals surface area contributed by atoms with Crippen molar-refractivity contribution in [2.24, 2.45) is 11.7 Å². The number of nitrogens with zero attached hydrogens (tertiary/aromatic N) is 1. The Morgan fingerprint density at radius 1 is 1.00 bits per heavy atom. The minimum Gasteiger partial charge on any atom is -0.327 e. The van der Waals surface area contributed by atoms with Crippen LogP contribution in [0, 0.1) is 5.92 Å². The minimum atomic E-state index is 0.337. The summed E-state index contributed by atoms with van der Waals surface area (Å²) in [5.74, 6) is 0.944. The van der Waals surface area contributed by atoms with Crippen LogP contribution in [-0.4, -0.2) is 29.6 Å². The summed E-state index contributed by atoms with van der Waals surface area (Å²) in [4.78, 5) is 2.73. The lowest BCUT2D eigenvalue weighted by Gasteiger charge is -2.44. The Morgan fingerprint density at radius 3 is 2.25 bits per heavy atom. The zero-order valence-corrected chi connectivity index (χ0v) is 11.0. The lowest BCUT2D eigenvalue weighted by Crippen LogP contribution is -2.54. The summed E-state index contributed by atoms with van der Waals surface area (Å²) >= 11 is 0. The average molecular weight is 224 g/mol. The summed E-state index contributed by atoms with van der Waals surface area (Å²) < 4.78 is 0. The van der Waals surface area contributed by atoms with Crippen LogP contribution in [0.25, 0.3) is 0 Å². The molecule has 0 spiro atoms. The molecule has 0 aromatic carbocycles. The van der Waals surface area contributed by atoms with Gasteiger partial charge >= 0.3 is 0 Å². The molecule has 1 heterocycles. The van der Waals surface area contributed by atoms with Crippen molar-refractivity contribution in [3.8, 4) is 0 Å². The van der Waals surface area contributed by atoms with Gasteiger partial charge < -0.3 is 5.73 Å². The Kier molecular flexibility index (Phi) is 4.26. The lowest BCUT2D eigenvalue weighted by molar-refractivity contribution is 0.0605. The van der Waals surface area contributed by atoms with Crippen LogP contribution in [0.1, 0.15) is 58.8 Å². The van der Waals surface area contributed by atoms with Gasteiger partial charge in [-0.05, 0) is 52.0 Å². The van der Waals surface area contributed by atoms with Crippen molar-refractivity contribution in [2.45, 2.75) is 76.9 Å². The third-order valence-corrected chi connectivity index (χ3v) is 4.80. The molecule has 1 aliphatic carbocycles. The molecule has 1 aliphatic heterocycles. The average Bonchev–Trinajstić information content (AvgIpc) is 2.81. The van der Waals surface area contributed by atoms with Gasteiger partial charge in [0.15, 0.2) is 0 Å². The van der Waals surface area contributed by atoms with Crippen LogP contribution >= 0.6 is 0 Å². The van der Waals surface area contributed by atoms with Crippen molar-refractivity contribution in [2.75, 3.05) is 6.54 Å². The number of nitrogens with two attached hydrogens (primary N) is 1. The molecule has 0 amide bonds. The summed E-state index contributed by atoms with van der Waals surface area (Å²) in [6.45, 7) is 5.91. The van der Waals surface area contributed by atoms with E-state index >= 15 is 0 Å². The molecule has 2 N–H and O–H groups in total. The first-order valence-corrected chi connectivity index (χ1v) is 7.21. The molecular formula is C14H28N2. The first-order valence-electron chi connectivity index (χ1n) is 7.21. The van der Waals surface area contributed by atoms with Gasteiger partial charge in [0.1, 0.15) is 0 Å². The van der Waals surface area contributed by atoms with Crippen LogP contribution < -0.4 is 5.73 Å². The molecular weight excluding hydrogens is 196 g/mol. The molecule has 0 aromatic heterocycles. The Labute approximate surface area is 101 Å². The van der Waals surface area contributed by atoms with Crippen molar-refractivity contribution in [3.63, 3.8) is 0 Å². The van der Waals surface area contributed by atoms with Gasteiger partial charge in [0.2, 0.25) is 0 Å².